The number of carbonyl (C=O) groups is 3. The van der Waals surface area contributed by atoms with Gasteiger partial charge in [0, 0.05) is 36.2 Å². The van der Waals surface area contributed by atoms with Crippen molar-refractivity contribution in [2.24, 2.45) is 0 Å². The van der Waals surface area contributed by atoms with E-state index < -0.39 is 17.6 Å². The van der Waals surface area contributed by atoms with Gasteiger partial charge < -0.3 is 10.0 Å². The number of amides is 1. The quantitative estimate of drug-likeness (QED) is 0.509. The Morgan fingerprint density at radius 3 is 2.38 bits per heavy atom. The lowest BCUT2D eigenvalue weighted by molar-refractivity contribution is -0.147. The molecular weight excluding hydrogens is 272 g/mol. The lowest BCUT2D eigenvalue weighted by Gasteiger charge is -2.51. The fourth-order valence-electron chi connectivity index (χ4n) is 3.64. The molecule has 21 heavy (non-hydrogen) atoms. The molecule has 0 unspecified atom stereocenters. The van der Waals surface area contributed by atoms with Crippen molar-refractivity contribution < 1.29 is 19.5 Å². The molecule has 1 amide bonds. The summed E-state index contributed by atoms with van der Waals surface area (Å²) in [6, 6.07) is -0.981. The first-order valence-corrected chi connectivity index (χ1v) is 6.98. The van der Waals surface area contributed by atoms with Crippen molar-refractivity contribution in [2.75, 3.05) is 14.1 Å². The SMILES string of the molecule is CC1=C(O)C2=C(C(=O)C1=O)[C@@H]1[C@H](C)N(C)C(=O)[C@H](C2)N1C. The number of likely N-dealkylation sites (N-methyl/N-ethyl adjacent to an activating group) is 2. The van der Waals surface area contributed by atoms with Gasteiger partial charge in [0.1, 0.15) is 5.76 Å². The van der Waals surface area contributed by atoms with E-state index in [0.29, 0.717) is 11.1 Å². The molecular formula is C15H18N2O4. The molecule has 3 atom stereocenters. The van der Waals surface area contributed by atoms with Crippen LogP contribution in [0.3, 0.4) is 0 Å². The summed E-state index contributed by atoms with van der Waals surface area (Å²) in [6.45, 7) is 3.30. The topological polar surface area (TPSA) is 77.9 Å². The maximum atomic E-state index is 12.4. The summed E-state index contributed by atoms with van der Waals surface area (Å²) >= 11 is 0. The molecule has 0 aromatic heterocycles. The summed E-state index contributed by atoms with van der Waals surface area (Å²) in [5.41, 5.74) is 0.905. The number of fused-ring (bicyclic) bond motifs is 3. The van der Waals surface area contributed by atoms with Crippen LogP contribution in [0.25, 0.3) is 0 Å². The lowest BCUT2D eigenvalue weighted by atomic mass is 9.74. The molecule has 0 aromatic rings. The first kappa shape index (κ1) is 14.0. The van der Waals surface area contributed by atoms with Crippen LogP contribution in [-0.4, -0.2) is 64.6 Å². The van der Waals surface area contributed by atoms with E-state index in [9.17, 15) is 19.5 Å². The van der Waals surface area contributed by atoms with Gasteiger partial charge in [0.25, 0.3) is 0 Å². The Morgan fingerprint density at radius 2 is 1.76 bits per heavy atom. The van der Waals surface area contributed by atoms with Crippen LogP contribution in [0.1, 0.15) is 20.3 Å². The van der Waals surface area contributed by atoms with Gasteiger partial charge in [-0.3, -0.25) is 19.3 Å². The smallest absolute Gasteiger partial charge is 0.240 e. The molecule has 6 heteroatoms. The second kappa shape index (κ2) is 4.27. The summed E-state index contributed by atoms with van der Waals surface area (Å²) in [5, 5.41) is 10.2. The zero-order chi connectivity index (χ0) is 15.6. The number of nitrogens with zero attached hydrogens (tertiary/aromatic N) is 2. The van der Waals surface area contributed by atoms with E-state index in [2.05, 4.69) is 0 Å². The first-order chi connectivity index (χ1) is 9.77. The number of aliphatic hydroxyl groups excluding tert-OH is 1. The Balaban J connectivity index is 2.23. The maximum Gasteiger partial charge on any atom is 0.240 e. The number of allylic oxidation sites excluding steroid dienone is 2. The van der Waals surface area contributed by atoms with Gasteiger partial charge in [0.05, 0.1) is 12.1 Å². The zero-order valence-corrected chi connectivity index (χ0v) is 12.5. The molecule has 6 nitrogen and oxygen atoms in total. The van der Waals surface area contributed by atoms with E-state index in [1.165, 1.54) is 6.92 Å². The van der Waals surface area contributed by atoms with Crippen molar-refractivity contribution in [2.45, 2.75) is 38.4 Å². The van der Waals surface area contributed by atoms with Crippen molar-refractivity contribution in [3.63, 3.8) is 0 Å². The van der Waals surface area contributed by atoms with E-state index in [1.54, 1.807) is 19.0 Å². The molecule has 0 saturated carbocycles. The van der Waals surface area contributed by atoms with Gasteiger partial charge >= 0.3 is 0 Å². The number of Topliss-reactive ketones (excluding diaryl/α,β-unsaturated/α-hetero) is 2. The zero-order valence-electron chi connectivity index (χ0n) is 12.5. The molecule has 2 bridgehead atoms. The van der Waals surface area contributed by atoms with Crippen molar-refractivity contribution in [3.05, 3.63) is 22.5 Å². The van der Waals surface area contributed by atoms with Crippen molar-refractivity contribution >= 4 is 17.5 Å². The van der Waals surface area contributed by atoms with Crippen LogP contribution >= 0.6 is 0 Å². The second-order valence-corrected chi connectivity index (χ2v) is 6.04. The largest absolute Gasteiger partial charge is 0.507 e. The second-order valence-electron chi connectivity index (χ2n) is 6.04. The summed E-state index contributed by atoms with van der Waals surface area (Å²) in [6.07, 6.45) is 0.264. The fourth-order valence-corrected chi connectivity index (χ4v) is 3.64. The number of carbonyl (C=O) groups excluding carboxylic acids is 3. The minimum atomic E-state index is -0.648. The number of ketones is 2. The molecule has 0 radical (unpaired) electrons. The third kappa shape index (κ3) is 1.59. The third-order valence-electron chi connectivity index (χ3n) is 5.08. The first-order valence-electron chi connectivity index (χ1n) is 6.98. The number of rotatable bonds is 0. The highest BCUT2D eigenvalue weighted by Gasteiger charge is 2.52. The molecule has 0 spiro atoms. The normalized spacial score (nSPS) is 33.8. The van der Waals surface area contributed by atoms with Gasteiger partial charge in [0.2, 0.25) is 17.5 Å². The average molecular weight is 290 g/mol. The van der Waals surface area contributed by atoms with Crippen LogP contribution in [0.15, 0.2) is 22.5 Å². The molecule has 0 aromatic carbocycles. The maximum absolute atomic E-state index is 12.4. The molecule has 1 saturated heterocycles. The Labute approximate surface area is 122 Å². The van der Waals surface area contributed by atoms with Crippen LogP contribution in [0, 0.1) is 0 Å². The lowest BCUT2D eigenvalue weighted by Crippen LogP contribution is -2.67. The number of piperazine rings is 1. The highest BCUT2D eigenvalue weighted by Crippen LogP contribution is 2.41. The molecule has 3 rings (SSSR count). The number of aliphatic hydroxyl groups is 1. The molecule has 3 aliphatic rings. The van der Waals surface area contributed by atoms with E-state index >= 15 is 0 Å². The van der Waals surface area contributed by atoms with Crippen LogP contribution < -0.4 is 0 Å². The molecule has 2 heterocycles. The third-order valence-corrected chi connectivity index (χ3v) is 5.08. The summed E-state index contributed by atoms with van der Waals surface area (Å²) in [5.74, 6) is -1.35. The molecule has 1 aliphatic carbocycles. The summed E-state index contributed by atoms with van der Waals surface area (Å²) in [4.78, 5) is 40.3. The van der Waals surface area contributed by atoms with Gasteiger partial charge in [-0.15, -0.1) is 0 Å². The monoisotopic (exact) mass is 290 g/mol. The molecule has 1 fully saturated rings. The Morgan fingerprint density at radius 1 is 1.14 bits per heavy atom. The standard InChI is InChI=1S/C15H18N2O4/c1-6-12(18)8-5-9-15(21)16(3)7(2)11(17(9)4)10(8)14(20)13(6)19/h7,9,11,18H,5H2,1-4H3/t7-,9-,11-/m0/s1. The predicted molar refractivity (Wildman–Crippen MR) is 74.6 cm³/mol. The highest BCUT2D eigenvalue weighted by molar-refractivity contribution is 6.50. The van der Waals surface area contributed by atoms with E-state index in [4.69, 9.17) is 0 Å². The number of hydrogen-bond donors (Lipinski definition) is 1. The van der Waals surface area contributed by atoms with Crippen LogP contribution in [0.5, 0.6) is 0 Å². The molecule has 1 N–H and O–H groups in total. The van der Waals surface area contributed by atoms with E-state index in [0.717, 1.165) is 0 Å². The van der Waals surface area contributed by atoms with Gasteiger partial charge in [-0.1, -0.05) is 0 Å². The van der Waals surface area contributed by atoms with Crippen molar-refractivity contribution in [1.29, 1.82) is 0 Å². The average Bonchev–Trinajstić information content (AvgIpc) is 2.46. The van der Waals surface area contributed by atoms with Crippen LogP contribution in [0.4, 0.5) is 0 Å². The minimum absolute atomic E-state index is 0.0254. The number of hydrogen-bond acceptors (Lipinski definition) is 5. The molecule has 112 valence electrons. The summed E-state index contributed by atoms with van der Waals surface area (Å²) < 4.78 is 0. The van der Waals surface area contributed by atoms with Gasteiger partial charge in [-0.2, -0.15) is 0 Å². The fraction of sp³-hybridized carbons (Fsp3) is 0.533. The van der Waals surface area contributed by atoms with E-state index in [1.807, 2.05) is 11.8 Å². The Bertz CT molecular complexity index is 646. The van der Waals surface area contributed by atoms with Gasteiger partial charge in [-0.05, 0) is 20.9 Å². The molecule has 2 aliphatic heterocycles. The Hall–Kier alpha value is -1.95. The van der Waals surface area contributed by atoms with Crippen molar-refractivity contribution in [1.82, 2.24) is 9.80 Å². The van der Waals surface area contributed by atoms with Gasteiger partial charge in [0.15, 0.2) is 0 Å². The summed E-state index contributed by atoms with van der Waals surface area (Å²) in [7, 11) is 3.50. The minimum Gasteiger partial charge on any atom is -0.507 e. The van der Waals surface area contributed by atoms with Crippen LogP contribution in [0.2, 0.25) is 0 Å². The van der Waals surface area contributed by atoms with Crippen LogP contribution in [-0.2, 0) is 14.4 Å². The van der Waals surface area contributed by atoms with E-state index in [-0.39, 0.29) is 35.7 Å². The van der Waals surface area contributed by atoms with Crippen molar-refractivity contribution in [3.8, 4) is 0 Å². The highest BCUT2D eigenvalue weighted by atomic mass is 16.3. The van der Waals surface area contributed by atoms with Gasteiger partial charge in [-0.25, -0.2) is 0 Å². The Kier molecular flexibility index (Phi) is 2.85. The predicted octanol–water partition coefficient (Wildman–Crippen LogP) is 0.200.